The summed E-state index contributed by atoms with van der Waals surface area (Å²) in [5, 5.41) is 3.43. The van der Waals surface area contributed by atoms with Gasteiger partial charge in [0.1, 0.15) is 12.3 Å². The number of amides is 2. The van der Waals surface area contributed by atoms with Crippen molar-refractivity contribution in [3.8, 4) is 5.75 Å². The first-order chi connectivity index (χ1) is 12.5. The van der Waals surface area contributed by atoms with Gasteiger partial charge in [-0.1, -0.05) is 42.8 Å². The number of halogens is 1. The minimum absolute atomic E-state index is 0.0560. The van der Waals surface area contributed by atoms with Crippen molar-refractivity contribution in [1.82, 2.24) is 5.32 Å². The standard InChI is InChI=1S/C20H21ClN2O3/c1-3-17-20(25)23(16-10-13(2)8-9-18(16)26-17)12-19(24)22-11-14-6-4-5-7-15(14)21/h4-10,17H,3,11-12H2,1-2H3,(H,22,24). The molecule has 2 aromatic rings. The van der Waals surface area contributed by atoms with Crippen LogP contribution >= 0.6 is 11.6 Å². The van der Waals surface area contributed by atoms with E-state index in [0.29, 0.717) is 29.4 Å². The van der Waals surface area contributed by atoms with E-state index in [1.165, 1.54) is 4.90 Å². The second kappa shape index (κ2) is 7.79. The molecule has 0 saturated heterocycles. The van der Waals surface area contributed by atoms with Crippen LogP contribution in [0.15, 0.2) is 42.5 Å². The largest absolute Gasteiger partial charge is 0.478 e. The van der Waals surface area contributed by atoms with Gasteiger partial charge in [0.2, 0.25) is 5.91 Å². The van der Waals surface area contributed by atoms with E-state index in [-0.39, 0.29) is 18.4 Å². The van der Waals surface area contributed by atoms with Gasteiger partial charge < -0.3 is 10.1 Å². The summed E-state index contributed by atoms with van der Waals surface area (Å²) in [7, 11) is 0. The van der Waals surface area contributed by atoms with E-state index >= 15 is 0 Å². The minimum atomic E-state index is -0.568. The second-order valence-corrected chi connectivity index (χ2v) is 6.69. The normalized spacial score (nSPS) is 16.0. The third-order valence-electron chi connectivity index (χ3n) is 4.32. The zero-order valence-corrected chi connectivity index (χ0v) is 15.5. The molecule has 0 saturated carbocycles. The Morgan fingerprint density at radius 1 is 1.27 bits per heavy atom. The van der Waals surface area contributed by atoms with Crippen molar-refractivity contribution < 1.29 is 14.3 Å². The Morgan fingerprint density at radius 3 is 2.77 bits per heavy atom. The highest BCUT2D eigenvalue weighted by Crippen LogP contribution is 2.35. The lowest BCUT2D eigenvalue weighted by atomic mass is 10.1. The Morgan fingerprint density at radius 2 is 2.04 bits per heavy atom. The molecule has 1 unspecified atom stereocenters. The number of carbonyl (C=O) groups excluding carboxylic acids is 2. The van der Waals surface area contributed by atoms with Crippen LogP contribution in [-0.2, 0) is 16.1 Å². The summed E-state index contributed by atoms with van der Waals surface area (Å²) >= 11 is 6.11. The molecule has 0 bridgehead atoms. The van der Waals surface area contributed by atoms with Crippen molar-refractivity contribution >= 4 is 29.1 Å². The molecule has 1 atom stereocenters. The van der Waals surface area contributed by atoms with Gasteiger partial charge in [0.05, 0.1) is 5.69 Å². The molecule has 0 radical (unpaired) electrons. The van der Waals surface area contributed by atoms with Crippen molar-refractivity contribution in [3.63, 3.8) is 0 Å². The molecular weight excluding hydrogens is 352 g/mol. The predicted molar refractivity (Wildman–Crippen MR) is 102 cm³/mol. The number of nitrogens with one attached hydrogen (secondary N) is 1. The maximum absolute atomic E-state index is 12.7. The van der Waals surface area contributed by atoms with Gasteiger partial charge in [0.15, 0.2) is 6.10 Å². The van der Waals surface area contributed by atoms with Gasteiger partial charge >= 0.3 is 0 Å². The van der Waals surface area contributed by atoms with E-state index in [4.69, 9.17) is 16.3 Å². The lowest BCUT2D eigenvalue weighted by Gasteiger charge is -2.33. The summed E-state index contributed by atoms with van der Waals surface area (Å²) in [4.78, 5) is 26.6. The van der Waals surface area contributed by atoms with Gasteiger partial charge in [-0.25, -0.2) is 0 Å². The van der Waals surface area contributed by atoms with Gasteiger partial charge in [-0.05, 0) is 42.7 Å². The maximum atomic E-state index is 12.7. The number of hydrogen-bond donors (Lipinski definition) is 1. The van der Waals surface area contributed by atoms with Crippen LogP contribution < -0.4 is 15.0 Å². The van der Waals surface area contributed by atoms with Crippen LogP contribution in [0.4, 0.5) is 5.69 Å². The fourth-order valence-electron chi connectivity index (χ4n) is 2.89. The summed E-state index contributed by atoms with van der Waals surface area (Å²) in [6.45, 7) is 4.08. The Kier molecular flexibility index (Phi) is 5.47. The third kappa shape index (κ3) is 3.83. The summed E-state index contributed by atoms with van der Waals surface area (Å²) in [6.07, 6.45) is -0.0225. The number of nitrogens with zero attached hydrogens (tertiary/aromatic N) is 1. The lowest BCUT2D eigenvalue weighted by Crippen LogP contribution is -2.49. The molecule has 2 amide bonds. The molecule has 26 heavy (non-hydrogen) atoms. The highest BCUT2D eigenvalue weighted by atomic mass is 35.5. The molecule has 2 aromatic carbocycles. The highest BCUT2D eigenvalue weighted by molar-refractivity contribution is 6.31. The number of carbonyl (C=O) groups is 2. The molecule has 1 aliphatic heterocycles. The van der Waals surface area contributed by atoms with Crippen molar-refractivity contribution in [2.24, 2.45) is 0 Å². The average Bonchev–Trinajstić information content (AvgIpc) is 2.63. The molecule has 1 aliphatic rings. The van der Waals surface area contributed by atoms with Gasteiger partial charge in [-0.2, -0.15) is 0 Å². The molecule has 0 spiro atoms. The van der Waals surface area contributed by atoms with Crippen molar-refractivity contribution in [2.75, 3.05) is 11.4 Å². The summed E-state index contributed by atoms with van der Waals surface area (Å²) in [6, 6.07) is 13.0. The minimum Gasteiger partial charge on any atom is -0.478 e. The van der Waals surface area contributed by atoms with E-state index in [2.05, 4.69) is 5.32 Å². The third-order valence-corrected chi connectivity index (χ3v) is 4.69. The molecule has 1 heterocycles. The van der Waals surface area contributed by atoms with Gasteiger partial charge in [-0.15, -0.1) is 0 Å². The van der Waals surface area contributed by atoms with Crippen molar-refractivity contribution in [3.05, 3.63) is 58.6 Å². The van der Waals surface area contributed by atoms with Crippen LogP contribution in [0.5, 0.6) is 5.75 Å². The number of aryl methyl sites for hydroxylation is 1. The average molecular weight is 373 g/mol. The lowest BCUT2D eigenvalue weighted by molar-refractivity contribution is -0.129. The zero-order chi connectivity index (χ0) is 18.7. The number of anilines is 1. The fraction of sp³-hybridized carbons (Fsp3) is 0.300. The van der Waals surface area contributed by atoms with Crippen molar-refractivity contribution in [2.45, 2.75) is 32.9 Å². The topological polar surface area (TPSA) is 58.6 Å². The van der Waals surface area contributed by atoms with Crippen LogP contribution in [0.2, 0.25) is 5.02 Å². The van der Waals surface area contributed by atoms with E-state index in [9.17, 15) is 9.59 Å². The Bertz CT molecular complexity index is 838. The number of hydrogen-bond acceptors (Lipinski definition) is 3. The van der Waals surface area contributed by atoms with Gasteiger partial charge in [0.25, 0.3) is 5.91 Å². The molecule has 136 valence electrons. The van der Waals surface area contributed by atoms with Gasteiger partial charge in [-0.3, -0.25) is 14.5 Å². The molecule has 0 fully saturated rings. The smallest absolute Gasteiger partial charge is 0.268 e. The quantitative estimate of drug-likeness (QED) is 0.874. The van der Waals surface area contributed by atoms with Crippen LogP contribution in [0.3, 0.4) is 0 Å². The SMILES string of the molecule is CCC1Oc2ccc(C)cc2N(CC(=O)NCc2ccccc2Cl)C1=O. The van der Waals surface area contributed by atoms with E-state index in [1.807, 2.05) is 50.2 Å². The molecule has 0 aromatic heterocycles. The molecule has 1 N–H and O–H groups in total. The van der Waals surface area contributed by atoms with Crippen LogP contribution in [0.1, 0.15) is 24.5 Å². The second-order valence-electron chi connectivity index (χ2n) is 6.28. The van der Waals surface area contributed by atoms with Crippen LogP contribution in [-0.4, -0.2) is 24.5 Å². The van der Waals surface area contributed by atoms with Gasteiger partial charge in [0, 0.05) is 11.6 Å². The van der Waals surface area contributed by atoms with Crippen LogP contribution in [0, 0.1) is 6.92 Å². The Hall–Kier alpha value is -2.53. The number of fused-ring (bicyclic) bond motifs is 1. The highest BCUT2D eigenvalue weighted by Gasteiger charge is 2.34. The zero-order valence-electron chi connectivity index (χ0n) is 14.8. The predicted octanol–water partition coefficient (Wildman–Crippen LogP) is 3.47. The monoisotopic (exact) mass is 372 g/mol. The first-order valence-corrected chi connectivity index (χ1v) is 8.96. The number of ether oxygens (including phenoxy) is 1. The fourth-order valence-corrected chi connectivity index (χ4v) is 3.09. The molecule has 0 aliphatic carbocycles. The van der Waals surface area contributed by atoms with E-state index in [1.54, 1.807) is 6.07 Å². The number of benzene rings is 2. The molecule has 6 heteroatoms. The summed E-state index contributed by atoms with van der Waals surface area (Å²) in [5.41, 5.74) is 2.46. The Labute approximate surface area is 157 Å². The maximum Gasteiger partial charge on any atom is 0.268 e. The first kappa shape index (κ1) is 18.3. The van der Waals surface area contributed by atoms with Crippen LogP contribution in [0.25, 0.3) is 0 Å². The van der Waals surface area contributed by atoms with E-state index in [0.717, 1.165) is 11.1 Å². The molecule has 3 rings (SSSR count). The molecule has 5 nitrogen and oxygen atoms in total. The van der Waals surface area contributed by atoms with Crippen molar-refractivity contribution in [1.29, 1.82) is 0 Å². The first-order valence-electron chi connectivity index (χ1n) is 8.58. The Balaban J connectivity index is 1.75. The molecular formula is C20H21ClN2O3. The van der Waals surface area contributed by atoms with E-state index < -0.39 is 6.10 Å². The summed E-state index contributed by atoms with van der Waals surface area (Å²) in [5.74, 6) is 0.182. The number of rotatable bonds is 5. The summed E-state index contributed by atoms with van der Waals surface area (Å²) < 4.78 is 5.76.